The number of hydrogen-bond acceptors (Lipinski definition) is 5. The first-order chi connectivity index (χ1) is 8.76. The van der Waals surface area contributed by atoms with E-state index < -0.39 is 0 Å². The third kappa shape index (κ3) is 2.02. The molecule has 2 aromatic heterocycles. The molecule has 2 N–H and O–H groups in total. The normalized spacial score (nSPS) is 20.6. The predicted molar refractivity (Wildman–Crippen MR) is 64.0 cm³/mol. The van der Waals surface area contributed by atoms with Crippen LogP contribution in [-0.4, -0.2) is 46.9 Å². The van der Waals surface area contributed by atoms with Gasteiger partial charge in [-0.05, 0) is 12.1 Å². The summed E-state index contributed by atoms with van der Waals surface area (Å²) in [7, 11) is 0. The molecule has 0 amide bonds. The van der Waals surface area contributed by atoms with E-state index in [0.717, 1.165) is 6.54 Å². The van der Waals surface area contributed by atoms with Crippen LogP contribution in [0.1, 0.15) is 0 Å². The van der Waals surface area contributed by atoms with E-state index in [4.69, 9.17) is 10.5 Å². The highest BCUT2D eigenvalue weighted by atomic mass is 19.1. The Bertz CT molecular complexity index is 557. The number of ether oxygens (including phenoxy) is 1. The Balaban J connectivity index is 1.89. The first-order valence-corrected chi connectivity index (χ1v) is 5.85. The monoisotopic (exact) mass is 251 g/mol. The largest absolute Gasteiger partial charge is 0.373 e. The second-order valence-electron chi connectivity index (χ2n) is 4.24. The van der Waals surface area contributed by atoms with E-state index in [-0.39, 0.29) is 11.9 Å². The summed E-state index contributed by atoms with van der Waals surface area (Å²) in [5, 5.41) is 4.26. The Morgan fingerprint density at radius 1 is 1.50 bits per heavy atom. The van der Waals surface area contributed by atoms with E-state index in [2.05, 4.69) is 10.1 Å². The van der Waals surface area contributed by atoms with Gasteiger partial charge in [0.05, 0.1) is 18.9 Å². The van der Waals surface area contributed by atoms with Crippen LogP contribution < -0.4 is 10.6 Å². The van der Waals surface area contributed by atoms with E-state index in [9.17, 15) is 4.39 Å². The number of pyridine rings is 1. The quantitative estimate of drug-likeness (QED) is 0.815. The molecule has 7 heteroatoms. The van der Waals surface area contributed by atoms with E-state index in [1.54, 1.807) is 6.07 Å². The standard InChI is InChI=1S/C11H14FN5O/c12-8-1-2-10-14-11(15-17(10)6-8)16-3-4-18-9(5-13)7-16/h1-2,6,9H,3-5,7,13H2. The van der Waals surface area contributed by atoms with Gasteiger partial charge in [0.15, 0.2) is 5.65 Å². The molecule has 0 aliphatic carbocycles. The molecule has 0 spiro atoms. The lowest BCUT2D eigenvalue weighted by Crippen LogP contribution is -2.46. The van der Waals surface area contributed by atoms with E-state index in [1.165, 1.54) is 16.8 Å². The number of halogens is 1. The van der Waals surface area contributed by atoms with Crippen molar-refractivity contribution in [1.82, 2.24) is 14.6 Å². The SMILES string of the molecule is NCC1CN(c2nc3ccc(F)cn3n2)CCO1. The number of anilines is 1. The zero-order valence-corrected chi connectivity index (χ0v) is 9.79. The van der Waals surface area contributed by atoms with Crippen molar-refractivity contribution in [3.8, 4) is 0 Å². The fraction of sp³-hybridized carbons (Fsp3) is 0.455. The van der Waals surface area contributed by atoms with Gasteiger partial charge in [-0.2, -0.15) is 4.98 Å². The van der Waals surface area contributed by atoms with Gasteiger partial charge < -0.3 is 15.4 Å². The molecule has 2 aromatic rings. The van der Waals surface area contributed by atoms with Gasteiger partial charge >= 0.3 is 0 Å². The molecule has 1 saturated heterocycles. The number of rotatable bonds is 2. The summed E-state index contributed by atoms with van der Waals surface area (Å²) in [5.74, 6) is 0.253. The molecule has 1 aliphatic heterocycles. The number of nitrogens with zero attached hydrogens (tertiary/aromatic N) is 4. The number of nitrogens with two attached hydrogens (primary N) is 1. The molecule has 3 rings (SSSR count). The molecule has 96 valence electrons. The number of fused-ring (bicyclic) bond motifs is 1. The van der Waals surface area contributed by atoms with Gasteiger partial charge in [-0.1, -0.05) is 0 Å². The van der Waals surface area contributed by atoms with Crippen LogP contribution in [0.5, 0.6) is 0 Å². The summed E-state index contributed by atoms with van der Waals surface area (Å²) in [6, 6.07) is 2.97. The predicted octanol–water partition coefficient (Wildman–Crippen LogP) is 0.0323. The Morgan fingerprint density at radius 2 is 2.39 bits per heavy atom. The van der Waals surface area contributed by atoms with Gasteiger partial charge in [-0.25, -0.2) is 8.91 Å². The fourth-order valence-electron chi connectivity index (χ4n) is 2.02. The summed E-state index contributed by atoms with van der Waals surface area (Å²) >= 11 is 0. The van der Waals surface area contributed by atoms with Crippen LogP contribution in [0.4, 0.5) is 10.3 Å². The Hall–Kier alpha value is -1.73. The first kappa shape index (κ1) is 11.4. The summed E-state index contributed by atoms with van der Waals surface area (Å²) < 4.78 is 20.0. The van der Waals surface area contributed by atoms with Gasteiger partial charge in [-0.15, -0.1) is 5.10 Å². The molecule has 18 heavy (non-hydrogen) atoms. The molecule has 6 nitrogen and oxygen atoms in total. The molecule has 1 fully saturated rings. The minimum Gasteiger partial charge on any atom is -0.373 e. The van der Waals surface area contributed by atoms with Crippen LogP contribution >= 0.6 is 0 Å². The minimum atomic E-state index is -0.333. The smallest absolute Gasteiger partial charge is 0.245 e. The molecule has 0 radical (unpaired) electrons. The third-order valence-electron chi connectivity index (χ3n) is 2.97. The number of morpholine rings is 1. The topological polar surface area (TPSA) is 68.7 Å². The van der Waals surface area contributed by atoms with E-state index in [1.807, 2.05) is 4.90 Å². The molecule has 3 heterocycles. The van der Waals surface area contributed by atoms with Crippen molar-refractivity contribution < 1.29 is 9.13 Å². The van der Waals surface area contributed by atoms with Crippen LogP contribution in [0.2, 0.25) is 0 Å². The van der Waals surface area contributed by atoms with Crippen molar-refractivity contribution in [3.05, 3.63) is 24.1 Å². The zero-order valence-electron chi connectivity index (χ0n) is 9.79. The molecule has 0 aromatic carbocycles. The summed E-state index contributed by atoms with van der Waals surface area (Å²) in [6.45, 7) is 2.45. The van der Waals surface area contributed by atoms with Crippen molar-refractivity contribution in [2.24, 2.45) is 5.73 Å². The highest BCUT2D eigenvalue weighted by molar-refractivity contribution is 5.44. The summed E-state index contributed by atoms with van der Waals surface area (Å²) in [6.07, 6.45) is 1.31. The number of hydrogen-bond donors (Lipinski definition) is 1. The Morgan fingerprint density at radius 3 is 3.22 bits per heavy atom. The van der Waals surface area contributed by atoms with Crippen LogP contribution in [0.25, 0.3) is 5.65 Å². The van der Waals surface area contributed by atoms with E-state index in [0.29, 0.717) is 31.3 Å². The fourth-order valence-corrected chi connectivity index (χ4v) is 2.02. The summed E-state index contributed by atoms with van der Waals surface area (Å²) in [5.41, 5.74) is 6.22. The second kappa shape index (κ2) is 4.51. The van der Waals surface area contributed by atoms with Crippen LogP contribution in [0.3, 0.4) is 0 Å². The van der Waals surface area contributed by atoms with Gasteiger partial charge in [-0.3, -0.25) is 0 Å². The average Bonchev–Trinajstić information content (AvgIpc) is 2.81. The molecule has 1 aliphatic rings. The van der Waals surface area contributed by atoms with Crippen LogP contribution in [0, 0.1) is 5.82 Å². The first-order valence-electron chi connectivity index (χ1n) is 5.85. The number of aromatic nitrogens is 3. The molecule has 0 bridgehead atoms. The minimum absolute atomic E-state index is 0.00194. The van der Waals surface area contributed by atoms with Crippen LogP contribution in [0.15, 0.2) is 18.3 Å². The lowest BCUT2D eigenvalue weighted by Gasteiger charge is -2.31. The van der Waals surface area contributed by atoms with Crippen molar-refractivity contribution in [3.63, 3.8) is 0 Å². The van der Waals surface area contributed by atoms with Crippen molar-refractivity contribution in [2.45, 2.75) is 6.10 Å². The Kier molecular flexibility index (Phi) is 2.85. The maximum absolute atomic E-state index is 13.1. The molecular formula is C11H14FN5O. The van der Waals surface area contributed by atoms with Gasteiger partial charge in [0.25, 0.3) is 0 Å². The van der Waals surface area contributed by atoms with E-state index >= 15 is 0 Å². The van der Waals surface area contributed by atoms with Gasteiger partial charge in [0.2, 0.25) is 5.95 Å². The maximum atomic E-state index is 13.1. The van der Waals surface area contributed by atoms with Crippen LogP contribution in [-0.2, 0) is 4.74 Å². The lowest BCUT2D eigenvalue weighted by atomic mass is 10.3. The molecule has 1 atom stereocenters. The van der Waals surface area contributed by atoms with Gasteiger partial charge in [0, 0.05) is 19.6 Å². The average molecular weight is 251 g/mol. The molecule has 1 unspecified atom stereocenters. The summed E-state index contributed by atoms with van der Waals surface area (Å²) in [4.78, 5) is 6.37. The molecular weight excluding hydrogens is 237 g/mol. The maximum Gasteiger partial charge on any atom is 0.245 e. The zero-order chi connectivity index (χ0) is 12.5. The second-order valence-corrected chi connectivity index (χ2v) is 4.24. The van der Waals surface area contributed by atoms with Crippen molar-refractivity contribution in [1.29, 1.82) is 0 Å². The highest BCUT2D eigenvalue weighted by Crippen LogP contribution is 2.14. The van der Waals surface area contributed by atoms with Crippen molar-refractivity contribution in [2.75, 3.05) is 31.1 Å². The lowest BCUT2D eigenvalue weighted by molar-refractivity contribution is 0.0460. The Labute approximate surface area is 103 Å². The van der Waals surface area contributed by atoms with Crippen molar-refractivity contribution >= 4 is 11.6 Å². The molecule has 0 saturated carbocycles. The van der Waals surface area contributed by atoms with Gasteiger partial charge in [0.1, 0.15) is 5.82 Å². The highest BCUT2D eigenvalue weighted by Gasteiger charge is 2.22. The third-order valence-corrected chi connectivity index (χ3v) is 2.97.